The Morgan fingerprint density at radius 1 is 0.333 bits per heavy atom. The Morgan fingerprint density at radius 3 is 1.04 bits per heavy atom. The van der Waals surface area contributed by atoms with Crippen molar-refractivity contribution in [1.29, 1.82) is 0 Å². The topological polar surface area (TPSA) is 35.0 Å². The summed E-state index contributed by atoms with van der Waals surface area (Å²) in [4.78, 5) is 10.0. The van der Waals surface area contributed by atoms with Crippen molar-refractivity contribution in [2.75, 3.05) is 0 Å². The molecule has 51 heavy (non-hydrogen) atoms. The molecule has 8 aromatic rings. The molecule has 0 N–H and O–H groups in total. The first-order valence-electron chi connectivity index (χ1n) is 17.4. The number of fused-ring (bicyclic) bond motifs is 6. The number of ether oxygens (including phenoxy) is 1. The van der Waals surface area contributed by atoms with Gasteiger partial charge >= 0.3 is 0 Å². The lowest BCUT2D eigenvalue weighted by atomic mass is 9.69. The molecular formula is C48H32N2O. The van der Waals surface area contributed by atoms with Crippen LogP contribution in [0.3, 0.4) is 0 Å². The average molecular weight is 653 g/mol. The quantitative estimate of drug-likeness (QED) is 0.179. The van der Waals surface area contributed by atoms with E-state index in [2.05, 4.69) is 158 Å². The molecule has 0 spiro atoms. The van der Waals surface area contributed by atoms with Crippen LogP contribution in [0, 0.1) is 0 Å². The van der Waals surface area contributed by atoms with E-state index in [4.69, 9.17) is 14.7 Å². The van der Waals surface area contributed by atoms with Gasteiger partial charge in [-0.05, 0) is 104 Å². The first-order chi connectivity index (χ1) is 25.3. The highest BCUT2D eigenvalue weighted by molar-refractivity contribution is 5.87. The van der Waals surface area contributed by atoms with Crippen LogP contribution in [0.1, 0.15) is 44.8 Å². The van der Waals surface area contributed by atoms with Crippen molar-refractivity contribution in [2.24, 2.45) is 0 Å². The van der Waals surface area contributed by atoms with E-state index in [1.807, 2.05) is 36.7 Å². The second-order valence-corrected chi connectivity index (χ2v) is 13.3. The van der Waals surface area contributed by atoms with Crippen molar-refractivity contribution < 1.29 is 4.74 Å². The van der Waals surface area contributed by atoms with Crippen LogP contribution in [0.5, 0.6) is 11.5 Å². The third-order valence-electron chi connectivity index (χ3n) is 10.8. The molecule has 0 atom stereocenters. The molecule has 3 heteroatoms. The maximum atomic E-state index is 6.85. The maximum absolute atomic E-state index is 6.85. The van der Waals surface area contributed by atoms with Crippen LogP contribution in [0.15, 0.2) is 194 Å². The second-order valence-electron chi connectivity index (χ2n) is 13.3. The maximum Gasteiger partial charge on any atom is 0.127 e. The number of hydrogen-bond acceptors (Lipinski definition) is 3. The monoisotopic (exact) mass is 652 g/mol. The summed E-state index contributed by atoms with van der Waals surface area (Å²) in [7, 11) is 0. The fraction of sp³-hybridized carbons (Fsp3) is 0.0417. The van der Waals surface area contributed by atoms with E-state index in [9.17, 15) is 0 Å². The third-order valence-corrected chi connectivity index (χ3v) is 10.8. The van der Waals surface area contributed by atoms with E-state index < -0.39 is 10.8 Å². The minimum atomic E-state index is -0.601. The average Bonchev–Trinajstić information content (AvgIpc) is 3.68. The first kappa shape index (κ1) is 29.3. The van der Waals surface area contributed by atoms with E-state index in [0.29, 0.717) is 0 Å². The number of benzene rings is 6. The van der Waals surface area contributed by atoms with Gasteiger partial charge in [0.15, 0.2) is 0 Å². The van der Waals surface area contributed by atoms with Gasteiger partial charge in [0, 0.05) is 12.4 Å². The SMILES string of the molecule is c1ccc(C2(c3cccc(Oc4cccc(C5(c6ccccn6)c6ccccc6-c6ccccc65)c4)c3)c3ccccc3-c3ccccc32)nc1. The smallest absolute Gasteiger partial charge is 0.127 e. The zero-order chi connectivity index (χ0) is 33.8. The number of pyridine rings is 2. The standard InChI is InChI=1S/C48H32N2O/c1-5-23-41-37(19-1)38-20-2-6-24-42(38)47(41,45-27-9-11-29-49-45)33-15-13-17-35(31-33)51-36-18-14-16-34(32-36)48(46-28-10-12-30-50-46)43-25-7-3-21-39(43)40-22-4-8-26-44(40)48/h1-32H. The van der Waals surface area contributed by atoms with Crippen LogP contribution in [-0.2, 0) is 10.8 Å². The molecule has 2 aromatic heterocycles. The number of hydrogen-bond donors (Lipinski definition) is 0. The van der Waals surface area contributed by atoms with Crippen molar-refractivity contribution >= 4 is 0 Å². The predicted octanol–water partition coefficient (Wildman–Crippen LogP) is 11.0. The molecule has 2 aliphatic carbocycles. The number of aromatic nitrogens is 2. The highest BCUT2D eigenvalue weighted by Crippen LogP contribution is 2.57. The van der Waals surface area contributed by atoms with Crippen LogP contribution in [-0.4, -0.2) is 9.97 Å². The lowest BCUT2D eigenvalue weighted by Gasteiger charge is -2.33. The Kier molecular flexibility index (Phi) is 6.62. The minimum absolute atomic E-state index is 0.601. The number of rotatable bonds is 6. The van der Waals surface area contributed by atoms with Gasteiger partial charge in [0.1, 0.15) is 11.5 Å². The Hall–Kier alpha value is -6.58. The van der Waals surface area contributed by atoms with Crippen molar-refractivity contribution in [1.82, 2.24) is 9.97 Å². The van der Waals surface area contributed by atoms with E-state index in [1.54, 1.807) is 0 Å². The summed E-state index contributed by atoms with van der Waals surface area (Å²) in [6, 6.07) is 64.4. The van der Waals surface area contributed by atoms with Gasteiger partial charge in [-0.25, -0.2) is 0 Å². The van der Waals surface area contributed by atoms with Crippen molar-refractivity contribution in [3.8, 4) is 33.8 Å². The lowest BCUT2D eigenvalue weighted by molar-refractivity contribution is 0.479. The summed E-state index contributed by atoms with van der Waals surface area (Å²) in [5, 5.41) is 0. The number of nitrogens with zero attached hydrogens (tertiary/aromatic N) is 2. The molecular weight excluding hydrogens is 621 g/mol. The van der Waals surface area contributed by atoms with Crippen molar-refractivity contribution in [2.45, 2.75) is 10.8 Å². The van der Waals surface area contributed by atoms with Crippen LogP contribution in [0.2, 0.25) is 0 Å². The molecule has 0 saturated heterocycles. The Labute approximate surface area is 297 Å². The van der Waals surface area contributed by atoms with Gasteiger partial charge in [-0.15, -0.1) is 0 Å². The largest absolute Gasteiger partial charge is 0.457 e. The molecule has 0 amide bonds. The fourth-order valence-electron chi connectivity index (χ4n) is 8.83. The van der Waals surface area contributed by atoms with E-state index in [-0.39, 0.29) is 0 Å². The Balaban J connectivity index is 1.13. The summed E-state index contributed by atoms with van der Waals surface area (Å²) < 4.78 is 6.85. The molecule has 3 nitrogen and oxygen atoms in total. The van der Waals surface area contributed by atoms with E-state index in [0.717, 1.165) is 34.0 Å². The van der Waals surface area contributed by atoms with Crippen LogP contribution >= 0.6 is 0 Å². The summed E-state index contributed by atoms with van der Waals surface area (Å²) in [6.07, 6.45) is 3.78. The Morgan fingerprint density at radius 2 is 0.686 bits per heavy atom. The summed E-state index contributed by atoms with van der Waals surface area (Å²) in [5.41, 5.74) is 12.8. The molecule has 0 radical (unpaired) electrons. The van der Waals surface area contributed by atoms with E-state index >= 15 is 0 Å². The first-order valence-corrected chi connectivity index (χ1v) is 17.4. The highest BCUT2D eigenvalue weighted by Gasteiger charge is 2.48. The predicted molar refractivity (Wildman–Crippen MR) is 203 cm³/mol. The van der Waals surface area contributed by atoms with E-state index in [1.165, 1.54) is 44.5 Å². The lowest BCUT2D eigenvalue weighted by Crippen LogP contribution is -2.29. The van der Waals surface area contributed by atoms with Crippen molar-refractivity contribution in [3.05, 3.63) is 239 Å². The molecule has 6 aromatic carbocycles. The van der Waals surface area contributed by atoms with Gasteiger partial charge in [0.25, 0.3) is 0 Å². The van der Waals surface area contributed by atoms with Gasteiger partial charge in [-0.1, -0.05) is 133 Å². The molecule has 0 saturated carbocycles. The van der Waals surface area contributed by atoms with Gasteiger partial charge in [-0.3, -0.25) is 9.97 Å². The third kappa shape index (κ3) is 4.18. The van der Waals surface area contributed by atoms with Crippen LogP contribution < -0.4 is 4.74 Å². The van der Waals surface area contributed by atoms with Gasteiger partial charge in [0.05, 0.1) is 22.2 Å². The molecule has 0 bridgehead atoms. The molecule has 0 fully saturated rings. The van der Waals surface area contributed by atoms with Crippen LogP contribution in [0.4, 0.5) is 0 Å². The molecule has 0 aliphatic heterocycles. The summed E-state index contributed by atoms with van der Waals surface area (Å²) >= 11 is 0. The summed E-state index contributed by atoms with van der Waals surface area (Å²) in [5.74, 6) is 1.53. The molecule has 2 heterocycles. The van der Waals surface area contributed by atoms with Crippen molar-refractivity contribution in [3.63, 3.8) is 0 Å². The Bertz CT molecular complexity index is 2310. The normalized spacial score (nSPS) is 14.2. The summed E-state index contributed by atoms with van der Waals surface area (Å²) in [6.45, 7) is 0. The van der Waals surface area contributed by atoms with Gasteiger partial charge in [0.2, 0.25) is 0 Å². The zero-order valence-electron chi connectivity index (χ0n) is 27.8. The zero-order valence-corrected chi connectivity index (χ0v) is 27.8. The molecule has 240 valence electrons. The van der Waals surface area contributed by atoms with Gasteiger partial charge in [-0.2, -0.15) is 0 Å². The minimum Gasteiger partial charge on any atom is -0.457 e. The second kappa shape index (κ2) is 11.5. The molecule has 10 rings (SSSR count). The molecule has 0 unspecified atom stereocenters. The molecule has 2 aliphatic rings. The van der Waals surface area contributed by atoms with Gasteiger partial charge < -0.3 is 4.74 Å². The van der Waals surface area contributed by atoms with Crippen LogP contribution in [0.25, 0.3) is 22.3 Å². The highest BCUT2D eigenvalue weighted by atomic mass is 16.5. The fourth-order valence-corrected chi connectivity index (χ4v) is 8.83.